The standard InChI is InChI=1S/C17H31N3/c1-6-18-17-13-16(7-10-19-17)20(11-8-14(2)3)12-9-15(4)5/h7,10,13-15H,6,8-9,11-12H2,1-5H3,(H,18,19). The second-order valence-electron chi connectivity index (χ2n) is 6.28. The summed E-state index contributed by atoms with van der Waals surface area (Å²) in [5.41, 5.74) is 1.29. The van der Waals surface area contributed by atoms with Gasteiger partial charge >= 0.3 is 0 Å². The van der Waals surface area contributed by atoms with Crippen LogP contribution < -0.4 is 10.2 Å². The van der Waals surface area contributed by atoms with Gasteiger partial charge < -0.3 is 10.2 Å². The van der Waals surface area contributed by atoms with E-state index < -0.39 is 0 Å². The van der Waals surface area contributed by atoms with Crippen LogP contribution in [0.25, 0.3) is 0 Å². The van der Waals surface area contributed by atoms with Crippen LogP contribution in [0.2, 0.25) is 0 Å². The van der Waals surface area contributed by atoms with Crippen molar-refractivity contribution in [1.82, 2.24) is 4.98 Å². The fourth-order valence-corrected chi connectivity index (χ4v) is 2.09. The van der Waals surface area contributed by atoms with Crippen LogP contribution in [0, 0.1) is 11.8 Å². The SMILES string of the molecule is CCNc1cc(N(CCC(C)C)CCC(C)C)ccn1. The summed E-state index contributed by atoms with van der Waals surface area (Å²) in [6.45, 7) is 14.4. The van der Waals surface area contributed by atoms with Gasteiger partial charge in [-0.15, -0.1) is 0 Å². The van der Waals surface area contributed by atoms with Crippen LogP contribution in [-0.2, 0) is 0 Å². The number of rotatable bonds is 9. The van der Waals surface area contributed by atoms with E-state index in [9.17, 15) is 0 Å². The van der Waals surface area contributed by atoms with E-state index in [1.165, 1.54) is 18.5 Å². The Morgan fingerprint density at radius 3 is 2.20 bits per heavy atom. The summed E-state index contributed by atoms with van der Waals surface area (Å²) in [6.07, 6.45) is 4.37. The second-order valence-corrected chi connectivity index (χ2v) is 6.28. The highest BCUT2D eigenvalue weighted by atomic mass is 15.1. The van der Waals surface area contributed by atoms with Gasteiger partial charge in [-0.2, -0.15) is 0 Å². The molecule has 3 heteroatoms. The minimum atomic E-state index is 0.742. The van der Waals surface area contributed by atoms with Crippen LogP contribution in [-0.4, -0.2) is 24.6 Å². The first-order valence-corrected chi connectivity index (χ1v) is 7.97. The van der Waals surface area contributed by atoms with Crippen molar-refractivity contribution in [3.8, 4) is 0 Å². The van der Waals surface area contributed by atoms with Gasteiger partial charge in [0.05, 0.1) is 0 Å². The molecule has 0 aromatic carbocycles. The van der Waals surface area contributed by atoms with E-state index in [1.807, 2.05) is 6.20 Å². The molecule has 0 spiro atoms. The Balaban J connectivity index is 2.76. The average molecular weight is 277 g/mol. The molecule has 0 unspecified atom stereocenters. The highest BCUT2D eigenvalue weighted by Gasteiger charge is 2.09. The maximum Gasteiger partial charge on any atom is 0.127 e. The van der Waals surface area contributed by atoms with Crippen molar-refractivity contribution in [1.29, 1.82) is 0 Å². The van der Waals surface area contributed by atoms with Crippen LogP contribution in [0.1, 0.15) is 47.5 Å². The Labute approximate surface area is 124 Å². The summed E-state index contributed by atoms with van der Waals surface area (Å²) < 4.78 is 0. The zero-order chi connectivity index (χ0) is 15.0. The predicted octanol–water partition coefficient (Wildman–Crippen LogP) is 4.41. The zero-order valence-corrected chi connectivity index (χ0v) is 13.8. The van der Waals surface area contributed by atoms with Crippen LogP contribution in [0.3, 0.4) is 0 Å². The van der Waals surface area contributed by atoms with Gasteiger partial charge in [0, 0.05) is 37.6 Å². The van der Waals surface area contributed by atoms with Gasteiger partial charge in [-0.3, -0.25) is 0 Å². The van der Waals surface area contributed by atoms with Crippen molar-refractivity contribution in [3.05, 3.63) is 18.3 Å². The summed E-state index contributed by atoms with van der Waals surface area (Å²) in [5, 5.41) is 3.29. The molecule has 1 aromatic rings. The lowest BCUT2D eigenvalue weighted by atomic mass is 10.1. The molecule has 0 saturated carbocycles. The van der Waals surface area contributed by atoms with E-state index in [0.29, 0.717) is 0 Å². The number of anilines is 2. The van der Waals surface area contributed by atoms with E-state index >= 15 is 0 Å². The molecule has 1 aromatic heterocycles. The van der Waals surface area contributed by atoms with Gasteiger partial charge in [0.25, 0.3) is 0 Å². The van der Waals surface area contributed by atoms with Crippen LogP contribution in [0.4, 0.5) is 11.5 Å². The van der Waals surface area contributed by atoms with Gasteiger partial charge in [0.2, 0.25) is 0 Å². The monoisotopic (exact) mass is 277 g/mol. The average Bonchev–Trinajstić information content (AvgIpc) is 2.39. The summed E-state index contributed by atoms with van der Waals surface area (Å²) in [7, 11) is 0. The van der Waals surface area contributed by atoms with Crippen LogP contribution >= 0.6 is 0 Å². The van der Waals surface area contributed by atoms with Crippen LogP contribution in [0.5, 0.6) is 0 Å². The molecule has 0 radical (unpaired) electrons. The molecule has 0 atom stereocenters. The minimum Gasteiger partial charge on any atom is -0.371 e. The molecule has 0 fully saturated rings. The Bertz CT molecular complexity index is 362. The molecule has 20 heavy (non-hydrogen) atoms. The third kappa shape index (κ3) is 6.27. The topological polar surface area (TPSA) is 28.2 Å². The maximum atomic E-state index is 4.36. The molecule has 1 N–H and O–H groups in total. The van der Waals surface area contributed by atoms with Crippen molar-refractivity contribution >= 4 is 11.5 Å². The smallest absolute Gasteiger partial charge is 0.127 e. The zero-order valence-electron chi connectivity index (χ0n) is 13.8. The molecule has 3 nitrogen and oxygen atoms in total. The first-order chi connectivity index (χ1) is 9.52. The molecule has 114 valence electrons. The van der Waals surface area contributed by atoms with E-state index in [1.54, 1.807) is 0 Å². The van der Waals surface area contributed by atoms with Crippen molar-refractivity contribution in [2.24, 2.45) is 11.8 Å². The molecule has 1 rings (SSSR count). The Morgan fingerprint density at radius 2 is 1.70 bits per heavy atom. The fourth-order valence-electron chi connectivity index (χ4n) is 2.09. The number of hydrogen-bond acceptors (Lipinski definition) is 3. The van der Waals surface area contributed by atoms with Crippen molar-refractivity contribution in [3.63, 3.8) is 0 Å². The molecule has 0 saturated heterocycles. The second kappa shape index (κ2) is 8.83. The highest BCUT2D eigenvalue weighted by molar-refractivity contribution is 5.53. The van der Waals surface area contributed by atoms with Gasteiger partial charge in [-0.1, -0.05) is 27.7 Å². The maximum absolute atomic E-state index is 4.36. The Morgan fingerprint density at radius 1 is 1.10 bits per heavy atom. The van der Waals surface area contributed by atoms with Crippen LogP contribution in [0.15, 0.2) is 18.3 Å². The highest BCUT2D eigenvalue weighted by Crippen LogP contribution is 2.20. The normalized spacial score (nSPS) is 11.2. The molecular formula is C17H31N3. The predicted molar refractivity (Wildman–Crippen MR) is 89.5 cm³/mol. The Hall–Kier alpha value is -1.25. The molecule has 1 heterocycles. The first kappa shape index (κ1) is 16.8. The molecule has 0 aliphatic carbocycles. The minimum absolute atomic E-state index is 0.742. The molecule has 0 amide bonds. The van der Waals surface area contributed by atoms with Gasteiger partial charge in [0.15, 0.2) is 0 Å². The van der Waals surface area contributed by atoms with E-state index in [2.05, 4.69) is 62.0 Å². The summed E-state index contributed by atoms with van der Waals surface area (Å²) in [6, 6.07) is 4.30. The largest absolute Gasteiger partial charge is 0.371 e. The number of nitrogens with zero attached hydrogens (tertiary/aromatic N) is 2. The lowest BCUT2D eigenvalue weighted by Crippen LogP contribution is -2.27. The Kier molecular flexibility index (Phi) is 7.42. The lowest BCUT2D eigenvalue weighted by molar-refractivity contribution is 0.535. The quantitative estimate of drug-likeness (QED) is 0.724. The molecule has 0 aliphatic rings. The first-order valence-electron chi connectivity index (χ1n) is 7.97. The molecule has 0 aliphatic heterocycles. The van der Waals surface area contributed by atoms with Crippen molar-refractivity contribution < 1.29 is 0 Å². The number of nitrogens with one attached hydrogen (secondary N) is 1. The van der Waals surface area contributed by atoms with Gasteiger partial charge in [0.1, 0.15) is 5.82 Å². The third-order valence-corrected chi connectivity index (χ3v) is 3.42. The third-order valence-electron chi connectivity index (χ3n) is 3.42. The van der Waals surface area contributed by atoms with Crippen molar-refractivity contribution in [2.75, 3.05) is 29.9 Å². The molecular weight excluding hydrogens is 246 g/mol. The number of pyridine rings is 1. The van der Waals surface area contributed by atoms with E-state index in [4.69, 9.17) is 0 Å². The summed E-state index contributed by atoms with van der Waals surface area (Å²) in [5.74, 6) is 2.46. The summed E-state index contributed by atoms with van der Waals surface area (Å²) in [4.78, 5) is 6.87. The van der Waals surface area contributed by atoms with E-state index in [0.717, 1.165) is 37.3 Å². The molecule has 0 bridgehead atoms. The van der Waals surface area contributed by atoms with Gasteiger partial charge in [-0.25, -0.2) is 4.98 Å². The number of aromatic nitrogens is 1. The summed E-state index contributed by atoms with van der Waals surface area (Å²) >= 11 is 0. The lowest BCUT2D eigenvalue weighted by Gasteiger charge is -2.27. The number of hydrogen-bond donors (Lipinski definition) is 1. The van der Waals surface area contributed by atoms with E-state index in [-0.39, 0.29) is 0 Å². The van der Waals surface area contributed by atoms with Crippen molar-refractivity contribution in [2.45, 2.75) is 47.5 Å². The van der Waals surface area contributed by atoms with Gasteiger partial charge in [-0.05, 0) is 37.7 Å². The fraction of sp³-hybridized carbons (Fsp3) is 0.706.